The van der Waals surface area contributed by atoms with E-state index in [2.05, 4.69) is 15.9 Å². The number of hydrogen-bond acceptors (Lipinski definition) is 4. The Labute approximate surface area is 165 Å². The van der Waals surface area contributed by atoms with Crippen LogP contribution >= 0.6 is 39.9 Å². The second-order valence-electron chi connectivity index (χ2n) is 6.50. The third kappa shape index (κ3) is 3.29. The van der Waals surface area contributed by atoms with Crippen molar-refractivity contribution < 1.29 is 9.59 Å². The molecular weight excluding hydrogens is 420 g/mol. The monoisotopic (exact) mass is 438 g/mol. The summed E-state index contributed by atoms with van der Waals surface area (Å²) in [5.41, 5.74) is 2.14. The molecule has 1 aromatic rings. The highest BCUT2D eigenvalue weighted by Crippen LogP contribution is 2.45. The smallest absolute Gasteiger partial charge is 0.267 e. The first-order chi connectivity index (χ1) is 11.8. The topological polar surface area (TPSA) is 40.6 Å². The Balaban J connectivity index is 2.12. The average molecular weight is 439 g/mol. The van der Waals surface area contributed by atoms with Gasteiger partial charge in [-0.25, -0.2) is 0 Å². The Bertz CT molecular complexity index is 804. The van der Waals surface area contributed by atoms with Crippen molar-refractivity contribution in [3.05, 3.63) is 33.1 Å². The maximum absolute atomic E-state index is 13.1. The zero-order valence-corrected chi connectivity index (χ0v) is 17.6. The van der Waals surface area contributed by atoms with Crippen molar-refractivity contribution >= 4 is 67.3 Å². The molecule has 0 bridgehead atoms. The van der Waals surface area contributed by atoms with Crippen LogP contribution in [0.4, 0.5) is 5.69 Å². The summed E-state index contributed by atoms with van der Waals surface area (Å²) in [5.74, 6) is 0.0421. The van der Waals surface area contributed by atoms with E-state index in [1.54, 1.807) is 9.80 Å². The van der Waals surface area contributed by atoms with Gasteiger partial charge in [-0.15, -0.1) is 0 Å². The number of fused-ring (bicyclic) bond motifs is 1. The van der Waals surface area contributed by atoms with Crippen LogP contribution in [0.5, 0.6) is 0 Å². The fraction of sp³-hybridized carbons (Fsp3) is 0.389. The van der Waals surface area contributed by atoms with Gasteiger partial charge in [-0.1, -0.05) is 60.7 Å². The van der Waals surface area contributed by atoms with Crippen molar-refractivity contribution in [1.29, 1.82) is 0 Å². The quantitative estimate of drug-likeness (QED) is 0.514. The summed E-state index contributed by atoms with van der Waals surface area (Å²) in [7, 11) is 0. The number of thioether (sulfide) groups is 1. The molecule has 3 rings (SSSR count). The SMILES string of the molecule is CCCN1C(=O)/C(=C2\SC(=S)N(CC(C)C)C2=O)c2cc(Br)ccc21. The number of benzene rings is 1. The standard InChI is InChI=1S/C18H19BrN2O2S2/c1-4-7-20-13-6-5-11(19)8-12(13)14(16(20)22)15-17(23)21(9-10(2)3)18(24)25-15/h5-6,8,10H,4,7,9H2,1-3H3/b15-14-. The molecule has 0 spiro atoms. The molecule has 25 heavy (non-hydrogen) atoms. The lowest BCUT2D eigenvalue weighted by atomic mass is 10.1. The Morgan fingerprint density at radius 2 is 1.92 bits per heavy atom. The summed E-state index contributed by atoms with van der Waals surface area (Å²) in [4.78, 5) is 29.8. The lowest BCUT2D eigenvalue weighted by Gasteiger charge is -2.16. The van der Waals surface area contributed by atoms with Gasteiger partial charge in [0, 0.05) is 23.1 Å². The fourth-order valence-electron chi connectivity index (χ4n) is 3.04. The summed E-state index contributed by atoms with van der Waals surface area (Å²) in [5, 5.41) is 0. The van der Waals surface area contributed by atoms with Crippen LogP contribution in [-0.4, -0.2) is 34.1 Å². The number of nitrogens with zero attached hydrogens (tertiary/aromatic N) is 2. The first kappa shape index (κ1) is 18.6. The van der Waals surface area contributed by atoms with Crippen molar-refractivity contribution in [2.24, 2.45) is 5.92 Å². The highest BCUT2D eigenvalue weighted by atomic mass is 79.9. The van der Waals surface area contributed by atoms with Gasteiger partial charge in [0.15, 0.2) is 0 Å². The number of amides is 2. The van der Waals surface area contributed by atoms with Crippen molar-refractivity contribution in [2.75, 3.05) is 18.0 Å². The van der Waals surface area contributed by atoms with Crippen molar-refractivity contribution in [3.63, 3.8) is 0 Å². The molecule has 2 heterocycles. The number of rotatable bonds is 4. The Kier molecular flexibility index (Phi) is 5.37. The molecule has 0 radical (unpaired) electrons. The zero-order chi connectivity index (χ0) is 18.3. The number of carbonyl (C=O) groups is 2. The molecule has 1 aromatic carbocycles. The minimum atomic E-state index is -0.156. The van der Waals surface area contributed by atoms with Crippen molar-refractivity contribution in [1.82, 2.24) is 4.90 Å². The molecule has 132 valence electrons. The first-order valence-corrected chi connectivity index (χ1v) is 10.3. The normalized spacial score (nSPS) is 20.3. The average Bonchev–Trinajstić information content (AvgIpc) is 2.96. The maximum atomic E-state index is 13.1. The van der Waals surface area contributed by atoms with Gasteiger partial charge in [0.2, 0.25) is 0 Å². The summed E-state index contributed by atoms with van der Waals surface area (Å²) in [6.07, 6.45) is 0.850. The van der Waals surface area contributed by atoms with E-state index in [1.165, 1.54) is 11.8 Å². The van der Waals surface area contributed by atoms with Crippen LogP contribution in [0.15, 0.2) is 27.6 Å². The molecule has 0 aromatic heterocycles. The number of hydrogen-bond donors (Lipinski definition) is 0. The molecule has 0 N–H and O–H groups in total. The zero-order valence-electron chi connectivity index (χ0n) is 14.3. The van der Waals surface area contributed by atoms with Gasteiger partial charge >= 0.3 is 0 Å². The lowest BCUT2D eigenvalue weighted by molar-refractivity contribution is -0.122. The van der Waals surface area contributed by atoms with Gasteiger partial charge in [-0.2, -0.15) is 0 Å². The molecule has 1 fully saturated rings. The summed E-state index contributed by atoms with van der Waals surface area (Å²) in [6, 6.07) is 5.75. The van der Waals surface area contributed by atoms with E-state index in [0.29, 0.717) is 33.8 Å². The van der Waals surface area contributed by atoms with E-state index in [1.807, 2.05) is 39.0 Å². The minimum Gasteiger partial charge on any atom is -0.308 e. The number of halogens is 1. The largest absolute Gasteiger partial charge is 0.308 e. The van der Waals surface area contributed by atoms with E-state index >= 15 is 0 Å². The predicted molar refractivity (Wildman–Crippen MR) is 110 cm³/mol. The molecule has 2 aliphatic rings. The fourth-order valence-corrected chi connectivity index (χ4v) is 4.75. The van der Waals surface area contributed by atoms with Crippen LogP contribution < -0.4 is 4.90 Å². The second-order valence-corrected chi connectivity index (χ2v) is 9.06. The number of anilines is 1. The molecule has 7 heteroatoms. The molecule has 2 aliphatic heterocycles. The van der Waals surface area contributed by atoms with Gasteiger partial charge in [0.25, 0.3) is 11.8 Å². The third-order valence-corrected chi connectivity index (χ3v) is 5.99. The van der Waals surface area contributed by atoms with Crippen LogP contribution in [0.3, 0.4) is 0 Å². The molecule has 0 aliphatic carbocycles. The van der Waals surface area contributed by atoms with Gasteiger partial charge in [-0.05, 0) is 30.5 Å². The third-order valence-electron chi connectivity index (χ3n) is 4.05. The van der Waals surface area contributed by atoms with E-state index in [-0.39, 0.29) is 11.8 Å². The molecule has 0 atom stereocenters. The maximum Gasteiger partial charge on any atom is 0.267 e. The Hall–Kier alpha value is -1.18. The number of thiocarbonyl (C=S) groups is 1. The number of carbonyl (C=O) groups excluding carboxylic acids is 2. The predicted octanol–water partition coefficient (Wildman–Crippen LogP) is 4.43. The Morgan fingerprint density at radius 3 is 2.56 bits per heavy atom. The van der Waals surface area contributed by atoms with Gasteiger partial charge in [0.05, 0.1) is 16.2 Å². The molecule has 4 nitrogen and oxygen atoms in total. The summed E-state index contributed by atoms with van der Waals surface area (Å²) in [6.45, 7) is 7.32. The van der Waals surface area contributed by atoms with E-state index in [4.69, 9.17) is 12.2 Å². The summed E-state index contributed by atoms with van der Waals surface area (Å²) < 4.78 is 1.41. The van der Waals surface area contributed by atoms with Gasteiger partial charge in [0.1, 0.15) is 4.32 Å². The van der Waals surface area contributed by atoms with Crippen LogP contribution in [0.2, 0.25) is 0 Å². The first-order valence-electron chi connectivity index (χ1n) is 8.24. The molecule has 1 saturated heterocycles. The minimum absolute atomic E-state index is 0.111. The van der Waals surface area contributed by atoms with Gasteiger partial charge < -0.3 is 4.90 Å². The van der Waals surface area contributed by atoms with Crippen LogP contribution in [0.1, 0.15) is 32.8 Å². The Morgan fingerprint density at radius 1 is 1.20 bits per heavy atom. The van der Waals surface area contributed by atoms with E-state index in [0.717, 1.165) is 22.1 Å². The van der Waals surface area contributed by atoms with Crippen LogP contribution in [-0.2, 0) is 9.59 Å². The molecule has 0 saturated carbocycles. The highest BCUT2D eigenvalue weighted by molar-refractivity contribution is 9.10. The molecular formula is C18H19BrN2O2S2. The molecule has 2 amide bonds. The van der Waals surface area contributed by atoms with Crippen LogP contribution in [0.25, 0.3) is 5.57 Å². The van der Waals surface area contributed by atoms with Crippen molar-refractivity contribution in [2.45, 2.75) is 27.2 Å². The van der Waals surface area contributed by atoms with Crippen molar-refractivity contribution in [3.8, 4) is 0 Å². The van der Waals surface area contributed by atoms with E-state index in [9.17, 15) is 9.59 Å². The highest BCUT2D eigenvalue weighted by Gasteiger charge is 2.41. The lowest BCUT2D eigenvalue weighted by Crippen LogP contribution is -2.32. The second kappa shape index (κ2) is 7.21. The van der Waals surface area contributed by atoms with Gasteiger partial charge in [-0.3, -0.25) is 14.5 Å². The van der Waals surface area contributed by atoms with E-state index < -0.39 is 0 Å². The summed E-state index contributed by atoms with van der Waals surface area (Å²) >= 11 is 10.1. The van der Waals surface area contributed by atoms with Crippen LogP contribution in [0, 0.1) is 5.92 Å². The molecule has 0 unspecified atom stereocenters.